The van der Waals surface area contributed by atoms with E-state index in [1.807, 2.05) is 25.4 Å². The van der Waals surface area contributed by atoms with Crippen LogP contribution in [-0.4, -0.2) is 44.5 Å². The summed E-state index contributed by atoms with van der Waals surface area (Å²) in [5, 5.41) is 1.09. The van der Waals surface area contributed by atoms with Crippen LogP contribution in [0.5, 0.6) is 5.75 Å². The van der Waals surface area contributed by atoms with Gasteiger partial charge in [-0.15, -0.1) is 0 Å². The first-order valence-electron chi connectivity index (χ1n) is 8.67. The van der Waals surface area contributed by atoms with Gasteiger partial charge >= 0.3 is 0 Å². The molecule has 0 unspecified atom stereocenters. The number of rotatable bonds is 3. The normalized spacial score (nSPS) is 15.3. The number of H-pyrrole nitrogens is 1. The lowest BCUT2D eigenvalue weighted by Crippen LogP contribution is -2.43. The lowest BCUT2D eigenvalue weighted by Gasteiger charge is -2.32. The number of amides is 1. The van der Waals surface area contributed by atoms with E-state index >= 15 is 0 Å². The van der Waals surface area contributed by atoms with Crippen LogP contribution in [0, 0.1) is 0 Å². The zero-order valence-electron chi connectivity index (χ0n) is 14.5. The number of aryl methyl sites for hydroxylation is 1. The van der Waals surface area contributed by atoms with Gasteiger partial charge in [-0.2, -0.15) is 0 Å². The number of carbonyl (C=O) groups is 1. The number of hydrogen-bond donors (Lipinski definition) is 1. The third kappa shape index (κ3) is 2.96. The molecule has 1 amide bonds. The molecule has 1 N–H and O–H groups in total. The van der Waals surface area contributed by atoms with Crippen LogP contribution in [0.3, 0.4) is 0 Å². The predicted molar refractivity (Wildman–Crippen MR) is 97.3 cm³/mol. The molecule has 0 aliphatic carbocycles. The van der Waals surface area contributed by atoms with Crippen molar-refractivity contribution < 1.29 is 9.53 Å². The number of carbonyl (C=O) groups excluding carboxylic acids is 1. The van der Waals surface area contributed by atoms with Crippen LogP contribution in [0.1, 0.15) is 23.3 Å². The summed E-state index contributed by atoms with van der Waals surface area (Å²) in [6.45, 7) is 1.09. The van der Waals surface area contributed by atoms with E-state index < -0.39 is 5.56 Å². The van der Waals surface area contributed by atoms with Crippen molar-refractivity contribution in [1.82, 2.24) is 19.4 Å². The number of benzene rings is 1. The van der Waals surface area contributed by atoms with Crippen LogP contribution in [0.2, 0.25) is 0 Å². The average Bonchev–Trinajstić information content (AvgIpc) is 3.04. The molecule has 0 saturated carbocycles. The Morgan fingerprint density at radius 3 is 2.85 bits per heavy atom. The van der Waals surface area contributed by atoms with Crippen LogP contribution >= 0.6 is 0 Å². The number of aromatic amines is 1. The largest absolute Gasteiger partial charge is 0.490 e. The summed E-state index contributed by atoms with van der Waals surface area (Å²) in [5.74, 6) is 0.546. The number of piperidine rings is 1. The molecule has 3 aromatic rings. The summed E-state index contributed by atoms with van der Waals surface area (Å²) in [7, 11) is 2.01. The Bertz CT molecular complexity index is 999. The molecule has 1 aliphatic heterocycles. The van der Waals surface area contributed by atoms with Crippen molar-refractivity contribution in [2.24, 2.45) is 7.05 Å². The van der Waals surface area contributed by atoms with Crippen LogP contribution in [0.15, 0.2) is 47.7 Å². The van der Waals surface area contributed by atoms with E-state index in [2.05, 4.69) is 26.7 Å². The number of likely N-dealkylation sites (tertiary alicyclic amines) is 1. The van der Waals surface area contributed by atoms with Gasteiger partial charge in [-0.05, 0) is 18.2 Å². The summed E-state index contributed by atoms with van der Waals surface area (Å²) >= 11 is 0. The van der Waals surface area contributed by atoms with Crippen molar-refractivity contribution in [3.63, 3.8) is 0 Å². The van der Waals surface area contributed by atoms with Gasteiger partial charge in [0.2, 0.25) is 0 Å². The van der Waals surface area contributed by atoms with Crippen LogP contribution < -0.4 is 10.3 Å². The zero-order valence-corrected chi connectivity index (χ0v) is 14.5. The van der Waals surface area contributed by atoms with Crippen molar-refractivity contribution >= 4 is 16.8 Å². The van der Waals surface area contributed by atoms with E-state index in [1.54, 1.807) is 4.90 Å². The minimum atomic E-state index is -0.452. The predicted octanol–water partition coefficient (Wildman–Crippen LogP) is 1.95. The van der Waals surface area contributed by atoms with Crippen molar-refractivity contribution in [3.8, 4) is 5.75 Å². The molecule has 1 fully saturated rings. The van der Waals surface area contributed by atoms with Gasteiger partial charge in [0.05, 0.1) is 5.52 Å². The number of nitrogens with one attached hydrogen (secondary N) is 1. The molecule has 0 atom stereocenters. The lowest BCUT2D eigenvalue weighted by atomic mass is 10.1. The molecule has 7 heteroatoms. The molecular formula is C19H20N4O3. The Hall–Kier alpha value is -3.09. The van der Waals surface area contributed by atoms with Gasteiger partial charge in [0.15, 0.2) is 5.69 Å². The Balaban J connectivity index is 1.43. The number of fused-ring (bicyclic) bond motifs is 1. The number of ether oxygens (including phenoxy) is 1. The molecule has 3 heterocycles. The SMILES string of the molecule is Cn1ccc2c(OC3CCN(C(=O)c4ncc[nH]c4=O)CC3)cccc21. The summed E-state index contributed by atoms with van der Waals surface area (Å²) in [4.78, 5) is 32.3. The van der Waals surface area contributed by atoms with Gasteiger partial charge in [-0.3, -0.25) is 9.59 Å². The lowest BCUT2D eigenvalue weighted by molar-refractivity contribution is 0.0590. The van der Waals surface area contributed by atoms with Gasteiger partial charge in [0.1, 0.15) is 11.9 Å². The molecule has 0 radical (unpaired) electrons. The summed E-state index contributed by atoms with van der Waals surface area (Å²) in [5.41, 5.74) is 0.622. The van der Waals surface area contributed by atoms with E-state index in [9.17, 15) is 9.59 Å². The highest BCUT2D eigenvalue weighted by Crippen LogP contribution is 2.28. The topological polar surface area (TPSA) is 80.2 Å². The molecule has 134 valence electrons. The maximum atomic E-state index is 12.5. The first-order chi connectivity index (χ1) is 12.6. The molecule has 1 aliphatic rings. The zero-order chi connectivity index (χ0) is 18.1. The highest BCUT2D eigenvalue weighted by molar-refractivity contribution is 5.92. The highest BCUT2D eigenvalue weighted by atomic mass is 16.5. The third-order valence-electron chi connectivity index (χ3n) is 4.82. The van der Waals surface area contributed by atoms with Crippen molar-refractivity contribution in [2.45, 2.75) is 18.9 Å². The van der Waals surface area contributed by atoms with E-state index in [0.717, 1.165) is 29.5 Å². The summed E-state index contributed by atoms with van der Waals surface area (Å²) < 4.78 is 8.27. The van der Waals surface area contributed by atoms with Crippen molar-refractivity contribution in [2.75, 3.05) is 13.1 Å². The number of aromatic nitrogens is 3. The van der Waals surface area contributed by atoms with Gasteiger partial charge < -0.3 is 19.2 Å². The van der Waals surface area contributed by atoms with E-state index in [-0.39, 0.29) is 17.7 Å². The minimum Gasteiger partial charge on any atom is -0.490 e. The Morgan fingerprint density at radius 2 is 2.08 bits per heavy atom. The number of hydrogen-bond acceptors (Lipinski definition) is 4. The average molecular weight is 352 g/mol. The molecular weight excluding hydrogens is 332 g/mol. The standard InChI is InChI=1S/C19H20N4O3/c1-22-10-7-14-15(22)3-2-4-16(14)26-13-5-11-23(12-6-13)19(25)17-18(24)21-9-8-20-17/h2-4,7-10,13H,5-6,11-12H2,1H3,(H,21,24). The molecule has 1 aromatic carbocycles. The molecule has 7 nitrogen and oxygen atoms in total. The Morgan fingerprint density at radius 1 is 1.27 bits per heavy atom. The minimum absolute atomic E-state index is 0.0480. The third-order valence-corrected chi connectivity index (χ3v) is 4.82. The summed E-state index contributed by atoms with van der Waals surface area (Å²) in [6.07, 6.45) is 6.35. The van der Waals surface area contributed by atoms with Crippen molar-refractivity contribution in [1.29, 1.82) is 0 Å². The second kappa shape index (κ2) is 6.67. The fourth-order valence-electron chi connectivity index (χ4n) is 3.39. The Labute approximate surface area is 150 Å². The van der Waals surface area contributed by atoms with Gasteiger partial charge in [-0.25, -0.2) is 4.98 Å². The molecule has 1 saturated heterocycles. The van der Waals surface area contributed by atoms with Gasteiger partial charge in [0, 0.05) is 57.0 Å². The maximum Gasteiger partial charge on any atom is 0.279 e. The van der Waals surface area contributed by atoms with Crippen LogP contribution in [0.25, 0.3) is 10.9 Å². The first-order valence-corrected chi connectivity index (χ1v) is 8.67. The first kappa shape index (κ1) is 16.4. The highest BCUT2D eigenvalue weighted by Gasteiger charge is 2.27. The molecule has 4 rings (SSSR count). The fraction of sp³-hybridized carbons (Fsp3) is 0.316. The van der Waals surface area contributed by atoms with Crippen molar-refractivity contribution in [3.05, 3.63) is 58.9 Å². The van der Waals surface area contributed by atoms with E-state index in [4.69, 9.17) is 4.74 Å². The second-order valence-electron chi connectivity index (χ2n) is 6.49. The van der Waals surface area contributed by atoms with Gasteiger partial charge in [0.25, 0.3) is 11.5 Å². The molecule has 0 spiro atoms. The second-order valence-corrected chi connectivity index (χ2v) is 6.49. The molecule has 26 heavy (non-hydrogen) atoms. The van der Waals surface area contributed by atoms with Gasteiger partial charge in [-0.1, -0.05) is 6.07 Å². The maximum absolute atomic E-state index is 12.5. The smallest absolute Gasteiger partial charge is 0.279 e. The van der Waals surface area contributed by atoms with E-state index in [0.29, 0.717) is 13.1 Å². The summed E-state index contributed by atoms with van der Waals surface area (Å²) in [6, 6.07) is 8.08. The quantitative estimate of drug-likeness (QED) is 0.781. The monoisotopic (exact) mass is 352 g/mol. The number of nitrogens with zero attached hydrogens (tertiary/aromatic N) is 3. The van der Waals surface area contributed by atoms with Crippen LogP contribution in [-0.2, 0) is 7.05 Å². The van der Waals surface area contributed by atoms with Crippen LogP contribution in [0.4, 0.5) is 0 Å². The Kier molecular flexibility index (Phi) is 4.20. The van der Waals surface area contributed by atoms with E-state index in [1.165, 1.54) is 12.4 Å². The molecule has 0 bridgehead atoms. The molecule has 2 aromatic heterocycles. The fourth-order valence-corrected chi connectivity index (χ4v) is 3.39.